The highest BCUT2D eigenvalue weighted by atomic mass is 16.4. The van der Waals surface area contributed by atoms with Crippen LogP contribution in [0.5, 0.6) is 0 Å². The number of hydrogen-bond acceptors (Lipinski definition) is 3. The molecule has 0 aliphatic heterocycles. The van der Waals surface area contributed by atoms with Crippen molar-refractivity contribution in [1.82, 2.24) is 4.98 Å². The van der Waals surface area contributed by atoms with Crippen LogP contribution in [0, 0.1) is 12.8 Å². The summed E-state index contributed by atoms with van der Waals surface area (Å²) in [4.78, 5) is 4.40. The van der Waals surface area contributed by atoms with Crippen LogP contribution in [-0.2, 0) is 0 Å². The van der Waals surface area contributed by atoms with Crippen LogP contribution in [0.4, 0.5) is 0 Å². The van der Waals surface area contributed by atoms with Crippen LogP contribution >= 0.6 is 0 Å². The van der Waals surface area contributed by atoms with Gasteiger partial charge in [-0.2, -0.15) is 0 Å². The molecule has 78 valence electrons. The molecule has 1 aromatic rings. The number of rotatable bonds is 3. The number of nitrogens with zero attached hydrogens (tertiary/aromatic N) is 1. The third-order valence-corrected chi connectivity index (χ3v) is 2.80. The Balaban J connectivity index is 2.22. The molecule has 1 atom stereocenters. The van der Waals surface area contributed by atoms with Gasteiger partial charge in [0.15, 0.2) is 0 Å². The van der Waals surface area contributed by atoms with Crippen LogP contribution < -0.4 is 5.73 Å². The Morgan fingerprint density at radius 1 is 1.43 bits per heavy atom. The molecule has 1 aromatic heterocycles. The standard InChI is InChI=1S/C11H18N2O/c1-6(2)9(12)11-13-7(3)10(14-11)8-4-5-8/h6,8-9H,4-5,12H2,1-3H3/t9-/m0/s1. The van der Waals surface area contributed by atoms with Crippen molar-refractivity contribution in [2.75, 3.05) is 0 Å². The first-order valence-corrected chi connectivity index (χ1v) is 5.32. The van der Waals surface area contributed by atoms with Gasteiger partial charge in [0.25, 0.3) is 0 Å². The highest BCUT2D eigenvalue weighted by molar-refractivity contribution is 5.18. The average molecular weight is 194 g/mol. The molecule has 1 aliphatic carbocycles. The van der Waals surface area contributed by atoms with Gasteiger partial charge in [-0.25, -0.2) is 4.98 Å². The zero-order valence-corrected chi connectivity index (χ0v) is 9.08. The Kier molecular flexibility index (Phi) is 2.35. The van der Waals surface area contributed by atoms with Crippen molar-refractivity contribution in [1.29, 1.82) is 0 Å². The number of aromatic nitrogens is 1. The van der Waals surface area contributed by atoms with Gasteiger partial charge in [-0.3, -0.25) is 0 Å². The Morgan fingerprint density at radius 3 is 2.57 bits per heavy atom. The van der Waals surface area contributed by atoms with Gasteiger partial charge in [0.2, 0.25) is 5.89 Å². The summed E-state index contributed by atoms with van der Waals surface area (Å²) in [6, 6.07) is -0.0683. The first-order valence-electron chi connectivity index (χ1n) is 5.32. The molecule has 2 rings (SSSR count). The van der Waals surface area contributed by atoms with Crippen LogP contribution in [0.3, 0.4) is 0 Å². The molecule has 0 saturated heterocycles. The maximum absolute atomic E-state index is 5.98. The number of aryl methyl sites for hydroxylation is 1. The van der Waals surface area contributed by atoms with Crippen LogP contribution in [0.25, 0.3) is 0 Å². The molecule has 0 aromatic carbocycles. The Bertz CT molecular complexity index is 326. The quantitative estimate of drug-likeness (QED) is 0.804. The lowest BCUT2D eigenvalue weighted by molar-refractivity contribution is 0.372. The average Bonchev–Trinajstić information content (AvgIpc) is 2.89. The highest BCUT2D eigenvalue weighted by Crippen LogP contribution is 2.42. The SMILES string of the molecule is Cc1nc([C@@H](N)C(C)C)oc1C1CC1. The first kappa shape index (κ1) is 9.71. The molecule has 2 N–H and O–H groups in total. The van der Waals surface area contributed by atoms with E-state index in [4.69, 9.17) is 10.2 Å². The van der Waals surface area contributed by atoms with E-state index in [-0.39, 0.29) is 6.04 Å². The van der Waals surface area contributed by atoms with Gasteiger partial charge in [0.1, 0.15) is 5.76 Å². The number of nitrogens with two attached hydrogens (primary N) is 1. The maximum atomic E-state index is 5.98. The predicted octanol–water partition coefficient (Wildman–Crippen LogP) is 2.52. The zero-order chi connectivity index (χ0) is 10.3. The van der Waals surface area contributed by atoms with Crippen LogP contribution in [-0.4, -0.2) is 4.98 Å². The van der Waals surface area contributed by atoms with Gasteiger partial charge in [-0.15, -0.1) is 0 Å². The van der Waals surface area contributed by atoms with Gasteiger partial charge in [0, 0.05) is 5.92 Å². The van der Waals surface area contributed by atoms with E-state index in [9.17, 15) is 0 Å². The number of oxazole rings is 1. The Hall–Kier alpha value is -0.830. The maximum Gasteiger partial charge on any atom is 0.211 e. The Morgan fingerprint density at radius 2 is 2.07 bits per heavy atom. The van der Waals surface area contributed by atoms with E-state index in [0.29, 0.717) is 17.7 Å². The Labute approximate surface area is 84.7 Å². The van der Waals surface area contributed by atoms with E-state index in [2.05, 4.69) is 18.8 Å². The van der Waals surface area contributed by atoms with E-state index in [0.717, 1.165) is 11.5 Å². The fourth-order valence-corrected chi connectivity index (χ4v) is 1.58. The lowest BCUT2D eigenvalue weighted by Crippen LogP contribution is -2.16. The molecular weight excluding hydrogens is 176 g/mol. The minimum atomic E-state index is -0.0683. The molecule has 14 heavy (non-hydrogen) atoms. The molecule has 0 unspecified atom stereocenters. The van der Waals surface area contributed by atoms with E-state index < -0.39 is 0 Å². The molecule has 0 spiro atoms. The van der Waals surface area contributed by atoms with Crippen molar-refractivity contribution in [2.24, 2.45) is 11.7 Å². The third-order valence-electron chi connectivity index (χ3n) is 2.80. The third kappa shape index (κ3) is 1.69. The molecule has 0 bridgehead atoms. The van der Waals surface area contributed by atoms with Gasteiger partial charge in [-0.1, -0.05) is 13.8 Å². The lowest BCUT2D eigenvalue weighted by Gasteiger charge is -2.10. The monoisotopic (exact) mass is 194 g/mol. The minimum absolute atomic E-state index is 0.0683. The second-order valence-electron chi connectivity index (χ2n) is 4.55. The summed E-state index contributed by atoms with van der Waals surface area (Å²) in [7, 11) is 0. The van der Waals surface area contributed by atoms with Crippen LogP contribution in [0.2, 0.25) is 0 Å². The smallest absolute Gasteiger partial charge is 0.211 e. The van der Waals surface area contributed by atoms with Gasteiger partial charge in [0.05, 0.1) is 11.7 Å². The molecule has 0 radical (unpaired) electrons. The topological polar surface area (TPSA) is 52.0 Å². The van der Waals surface area contributed by atoms with Crippen molar-refractivity contribution in [3.63, 3.8) is 0 Å². The van der Waals surface area contributed by atoms with E-state index in [1.54, 1.807) is 0 Å². The minimum Gasteiger partial charge on any atom is -0.443 e. The van der Waals surface area contributed by atoms with E-state index in [1.807, 2.05) is 6.92 Å². The summed E-state index contributed by atoms with van der Waals surface area (Å²) < 4.78 is 5.73. The molecule has 0 amide bonds. The van der Waals surface area contributed by atoms with Crippen molar-refractivity contribution < 1.29 is 4.42 Å². The first-order chi connectivity index (χ1) is 6.59. The molecular formula is C11H18N2O. The zero-order valence-electron chi connectivity index (χ0n) is 9.08. The van der Waals surface area contributed by atoms with Gasteiger partial charge in [-0.05, 0) is 25.7 Å². The number of hydrogen-bond donors (Lipinski definition) is 1. The molecule has 1 heterocycles. The summed E-state index contributed by atoms with van der Waals surface area (Å²) in [6.45, 7) is 6.18. The fourth-order valence-electron chi connectivity index (χ4n) is 1.58. The molecule has 1 saturated carbocycles. The van der Waals surface area contributed by atoms with Crippen molar-refractivity contribution in [3.8, 4) is 0 Å². The van der Waals surface area contributed by atoms with Crippen molar-refractivity contribution >= 4 is 0 Å². The summed E-state index contributed by atoms with van der Waals surface area (Å²) in [5.74, 6) is 2.77. The highest BCUT2D eigenvalue weighted by Gasteiger charge is 2.31. The van der Waals surface area contributed by atoms with Crippen LogP contribution in [0.1, 0.15) is 56.0 Å². The molecule has 1 fully saturated rings. The summed E-state index contributed by atoms with van der Waals surface area (Å²) >= 11 is 0. The van der Waals surface area contributed by atoms with Crippen LogP contribution in [0.15, 0.2) is 4.42 Å². The summed E-state index contributed by atoms with van der Waals surface area (Å²) in [5.41, 5.74) is 7.01. The van der Waals surface area contributed by atoms with Crippen molar-refractivity contribution in [2.45, 2.75) is 45.6 Å². The van der Waals surface area contributed by atoms with Crippen molar-refractivity contribution in [3.05, 3.63) is 17.3 Å². The second kappa shape index (κ2) is 3.39. The fraction of sp³-hybridized carbons (Fsp3) is 0.727. The van der Waals surface area contributed by atoms with E-state index in [1.165, 1.54) is 12.8 Å². The molecule has 3 nitrogen and oxygen atoms in total. The summed E-state index contributed by atoms with van der Waals surface area (Å²) in [5, 5.41) is 0. The van der Waals surface area contributed by atoms with E-state index >= 15 is 0 Å². The predicted molar refractivity (Wildman–Crippen MR) is 55.0 cm³/mol. The molecule has 3 heteroatoms. The van der Waals surface area contributed by atoms with Gasteiger partial charge < -0.3 is 10.2 Å². The molecule has 1 aliphatic rings. The lowest BCUT2D eigenvalue weighted by atomic mass is 10.1. The summed E-state index contributed by atoms with van der Waals surface area (Å²) in [6.07, 6.45) is 2.48. The van der Waals surface area contributed by atoms with Gasteiger partial charge >= 0.3 is 0 Å². The largest absolute Gasteiger partial charge is 0.443 e. The second-order valence-corrected chi connectivity index (χ2v) is 4.55. The normalized spacial score (nSPS) is 18.9.